The molecule has 1 N–H and O–H groups in total. The molecule has 0 radical (unpaired) electrons. The molecule has 6 nitrogen and oxygen atoms in total. The first-order valence-electron chi connectivity index (χ1n) is 14.3. The third-order valence-corrected chi connectivity index (χ3v) is 12.9. The molecule has 7 atom stereocenters. The SMILES string of the molecule is Cc1cccc(COc2ccc(Cl)cc2[C@H]2c3sc(=O)[nH]c3SC3C4CC(C5C(=O)N(c6ccc(Br)cc6)C(=O)C45)C32)c1. The minimum absolute atomic E-state index is 0.00311. The number of carbonyl (C=O) groups is 2. The lowest BCUT2D eigenvalue weighted by atomic mass is 9.68. The summed E-state index contributed by atoms with van der Waals surface area (Å²) < 4.78 is 7.36. The van der Waals surface area contributed by atoms with Crippen molar-refractivity contribution in [2.45, 2.75) is 36.1 Å². The molecule has 43 heavy (non-hydrogen) atoms. The number of aromatic nitrogens is 1. The topological polar surface area (TPSA) is 79.5 Å². The number of thiazole rings is 1. The molecule has 218 valence electrons. The Morgan fingerprint density at radius 2 is 1.77 bits per heavy atom. The van der Waals surface area contributed by atoms with Crippen LogP contribution >= 0.6 is 50.6 Å². The Kier molecular flexibility index (Phi) is 6.67. The van der Waals surface area contributed by atoms with Crippen LogP contribution in [0.4, 0.5) is 5.69 Å². The minimum Gasteiger partial charge on any atom is -0.489 e. The van der Waals surface area contributed by atoms with E-state index in [-0.39, 0.29) is 57.4 Å². The predicted octanol–water partition coefficient (Wildman–Crippen LogP) is 7.42. The summed E-state index contributed by atoms with van der Waals surface area (Å²) in [5, 5.41) is 1.53. The Morgan fingerprint density at radius 3 is 2.53 bits per heavy atom. The number of rotatable bonds is 5. The maximum atomic E-state index is 14.0. The molecule has 3 fully saturated rings. The van der Waals surface area contributed by atoms with Gasteiger partial charge in [-0.1, -0.05) is 68.7 Å². The van der Waals surface area contributed by atoms with Crippen molar-refractivity contribution in [2.24, 2.45) is 29.6 Å². The fraction of sp³-hybridized carbons (Fsp3) is 0.303. The molecule has 1 aromatic heterocycles. The number of carbonyl (C=O) groups excluding carboxylic acids is 2. The van der Waals surface area contributed by atoms with E-state index in [0.717, 1.165) is 43.2 Å². The van der Waals surface area contributed by atoms with Gasteiger partial charge in [-0.3, -0.25) is 19.3 Å². The molecular weight excluding hydrogens is 668 g/mol. The Hall–Kier alpha value is -2.85. The van der Waals surface area contributed by atoms with Crippen LogP contribution in [0.3, 0.4) is 0 Å². The number of H-pyrrole nitrogens is 1. The average molecular weight is 694 g/mol. The molecule has 2 saturated carbocycles. The number of benzene rings is 3. The zero-order valence-corrected chi connectivity index (χ0v) is 26.9. The molecule has 6 unspecified atom stereocenters. The van der Waals surface area contributed by atoms with E-state index in [9.17, 15) is 14.4 Å². The molecule has 4 aromatic rings. The molecule has 2 aliphatic heterocycles. The van der Waals surface area contributed by atoms with Crippen molar-refractivity contribution in [3.8, 4) is 5.75 Å². The lowest BCUT2D eigenvalue weighted by Crippen LogP contribution is -2.42. The van der Waals surface area contributed by atoms with Crippen LogP contribution in [0.1, 0.15) is 33.9 Å². The van der Waals surface area contributed by atoms with Gasteiger partial charge < -0.3 is 9.72 Å². The third-order valence-electron chi connectivity index (χ3n) is 9.59. The van der Waals surface area contributed by atoms with Crippen molar-refractivity contribution in [1.82, 2.24) is 4.98 Å². The number of nitrogens with one attached hydrogen (secondary N) is 1. The highest BCUT2D eigenvalue weighted by molar-refractivity contribution is 9.10. The van der Waals surface area contributed by atoms with E-state index in [1.165, 1.54) is 16.2 Å². The Morgan fingerprint density at radius 1 is 1.00 bits per heavy atom. The van der Waals surface area contributed by atoms with Crippen molar-refractivity contribution in [1.29, 1.82) is 0 Å². The van der Waals surface area contributed by atoms with Gasteiger partial charge in [0.2, 0.25) is 11.8 Å². The number of aromatic amines is 1. The number of anilines is 1. The monoisotopic (exact) mass is 692 g/mol. The highest BCUT2D eigenvalue weighted by Crippen LogP contribution is 2.69. The van der Waals surface area contributed by atoms with E-state index in [0.29, 0.717) is 17.3 Å². The van der Waals surface area contributed by atoms with Gasteiger partial charge in [-0.25, -0.2) is 0 Å². The van der Waals surface area contributed by atoms with Crippen LogP contribution in [0.5, 0.6) is 5.75 Å². The number of nitrogens with zero attached hydrogens (tertiary/aromatic N) is 1. The first-order chi connectivity index (χ1) is 20.8. The Balaban J connectivity index is 1.20. The Bertz CT molecular complexity index is 1860. The standard InChI is InChI=1S/C33H26BrClN2O4S2/c1-15-3-2-4-16(11-15)14-41-23-10-7-18(35)12-20(23)24-25-21-13-22(28(25)42-30-29(24)43-33(40)36-30)27-26(21)31(38)37(32(27)39)19-8-5-17(34)6-9-19/h2-12,21-22,24-28H,13-14H2,1H3,(H,36,40)/t21?,22?,24-,25?,26?,27?,28?/m1/s1. The normalized spacial score (nSPS) is 28.6. The fourth-order valence-electron chi connectivity index (χ4n) is 8.07. The maximum absolute atomic E-state index is 14.0. The van der Waals surface area contributed by atoms with Crippen molar-refractivity contribution in [3.05, 3.63) is 107 Å². The predicted molar refractivity (Wildman–Crippen MR) is 172 cm³/mol. The number of hydrogen-bond acceptors (Lipinski definition) is 6. The van der Waals surface area contributed by atoms with Gasteiger partial charge in [-0.15, -0.1) is 11.8 Å². The second-order valence-corrected chi connectivity index (χ2v) is 15.5. The van der Waals surface area contributed by atoms with Crippen LogP contribution in [0.15, 0.2) is 81.0 Å². The summed E-state index contributed by atoms with van der Waals surface area (Å²) in [6, 6.07) is 21.3. The smallest absolute Gasteiger partial charge is 0.305 e. The van der Waals surface area contributed by atoms with E-state index in [4.69, 9.17) is 16.3 Å². The zero-order valence-electron chi connectivity index (χ0n) is 23.0. The van der Waals surface area contributed by atoms with Crippen molar-refractivity contribution in [3.63, 3.8) is 0 Å². The van der Waals surface area contributed by atoms with E-state index in [2.05, 4.69) is 40.0 Å². The molecule has 10 heteroatoms. The van der Waals surface area contributed by atoms with Crippen LogP contribution in [-0.2, 0) is 16.2 Å². The highest BCUT2D eigenvalue weighted by Gasteiger charge is 2.69. The third kappa shape index (κ3) is 4.37. The van der Waals surface area contributed by atoms with Crippen molar-refractivity contribution in [2.75, 3.05) is 4.90 Å². The molecule has 1 saturated heterocycles. The average Bonchev–Trinajstić information content (AvgIpc) is 3.72. The number of fused-ring (bicyclic) bond motifs is 9. The number of aryl methyl sites for hydroxylation is 1. The number of halogens is 2. The molecule has 2 amide bonds. The van der Waals surface area contributed by atoms with Gasteiger partial charge >= 0.3 is 4.87 Å². The molecule has 4 aliphatic rings. The first-order valence-corrected chi connectivity index (χ1v) is 17.2. The van der Waals surface area contributed by atoms with Crippen molar-refractivity contribution >= 4 is 68.1 Å². The lowest BCUT2D eigenvalue weighted by Gasteiger charge is -2.43. The van der Waals surface area contributed by atoms with Crippen LogP contribution in [0, 0.1) is 36.5 Å². The second kappa shape index (κ2) is 10.4. The second-order valence-electron chi connectivity index (χ2n) is 11.9. The van der Waals surface area contributed by atoms with E-state index in [1.807, 2.05) is 54.6 Å². The fourth-order valence-corrected chi connectivity index (χ4v) is 11.4. The summed E-state index contributed by atoms with van der Waals surface area (Å²) >= 11 is 13.0. The van der Waals surface area contributed by atoms with E-state index in [1.54, 1.807) is 11.8 Å². The number of imide groups is 1. The van der Waals surface area contributed by atoms with Gasteiger partial charge in [0.05, 0.1) is 22.5 Å². The number of ether oxygens (including phenoxy) is 1. The summed E-state index contributed by atoms with van der Waals surface area (Å²) in [5.41, 5.74) is 3.77. The Labute approximate surface area is 269 Å². The molecule has 2 bridgehead atoms. The molecule has 8 rings (SSSR count). The van der Waals surface area contributed by atoms with Crippen LogP contribution in [0.2, 0.25) is 5.02 Å². The summed E-state index contributed by atoms with van der Waals surface area (Å²) in [7, 11) is 0. The summed E-state index contributed by atoms with van der Waals surface area (Å²) in [6.45, 7) is 2.45. The van der Waals surface area contributed by atoms with Gasteiger partial charge in [0.25, 0.3) is 0 Å². The van der Waals surface area contributed by atoms with E-state index < -0.39 is 0 Å². The minimum atomic E-state index is -0.376. The van der Waals surface area contributed by atoms with E-state index >= 15 is 0 Å². The summed E-state index contributed by atoms with van der Waals surface area (Å²) in [4.78, 5) is 46.0. The van der Waals surface area contributed by atoms with Crippen LogP contribution < -0.4 is 14.5 Å². The molecule has 3 heterocycles. The molecule has 3 aromatic carbocycles. The highest BCUT2D eigenvalue weighted by atomic mass is 79.9. The first kappa shape index (κ1) is 27.7. The largest absolute Gasteiger partial charge is 0.489 e. The van der Waals surface area contributed by atoms with Gasteiger partial charge in [-0.2, -0.15) is 0 Å². The summed E-state index contributed by atoms with van der Waals surface area (Å²) in [6.07, 6.45) is 0.818. The maximum Gasteiger partial charge on any atom is 0.305 e. The number of hydrogen-bond donors (Lipinski definition) is 1. The number of thioether (sulfide) groups is 1. The summed E-state index contributed by atoms with van der Waals surface area (Å²) in [5.74, 6) is -0.304. The molecule has 2 aliphatic carbocycles. The molecular formula is C33H26BrClN2O4S2. The molecule has 0 spiro atoms. The number of amides is 2. The van der Waals surface area contributed by atoms with Gasteiger partial charge in [0.1, 0.15) is 12.4 Å². The van der Waals surface area contributed by atoms with Crippen LogP contribution in [-0.4, -0.2) is 22.0 Å². The van der Waals surface area contributed by atoms with Gasteiger partial charge in [-0.05, 0) is 79.1 Å². The van der Waals surface area contributed by atoms with Crippen LogP contribution in [0.25, 0.3) is 0 Å². The zero-order chi connectivity index (χ0) is 29.6. The quantitative estimate of drug-likeness (QED) is 0.220. The van der Waals surface area contributed by atoms with Crippen molar-refractivity contribution < 1.29 is 14.3 Å². The van der Waals surface area contributed by atoms with Gasteiger partial charge in [0.15, 0.2) is 0 Å². The lowest BCUT2D eigenvalue weighted by molar-refractivity contribution is -0.123. The van der Waals surface area contributed by atoms with Gasteiger partial charge in [0, 0.05) is 31.1 Å².